The highest BCUT2D eigenvalue weighted by Crippen LogP contribution is 2.27. The van der Waals surface area contributed by atoms with E-state index < -0.39 is 0 Å². The number of hydrogen-bond donors (Lipinski definition) is 1. The Hall–Kier alpha value is -1.42. The van der Waals surface area contributed by atoms with Gasteiger partial charge in [0.1, 0.15) is 10.8 Å². The standard InChI is InChI=1S/C12H15N3S/c1-9-5-4-6-13-10(9)15-12(2,3)11-14-7-8-16-11/h4-8H,1-3H3,(H,13,15). The Kier molecular flexibility index (Phi) is 2.92. The summed E-state index contributed by atoms with van der Waals surface area (Å²) in [5.74, 6) is 0.919. The molecule has 0 aliphatic heterocycles. The summed E-state index contributed by atoms with van der Waals surface area (Å²) in [6.45, 7) is 6.27. The summed E-state index contributed by atoms with van der Waals surface area (Å²) < 4.78 is 0. The van der Waals surface area contributed by atoms with Crippen LogP contribution < -0.4 is 5.32 Å². The van der Waals surface area contributed by atoms with Gasteiger partial charge in [0.15, 0.2) is 0 Å². The second-order valence-electron chi connectivity index (χ2n) is 4.26. The summed E-state index contributed by atoms with van der Waals surface area (Å²) in [4.78, 5) is 8.68. The first-order valence-electron chi connectivity index (χ1n) is 5.19. The summed E-state index contributed by atoms with van der Waals surface area (Å²) in [5.41, 5.74) is 0.958. The van der Waals surface area contributed by atoms with Crippen LogP contribution in [-0.4, -0.2) is 9.97 Å². The van der Waals surface area contributed by atoms with Gasteiger partial charge >= 0.3 is 0 Å². The van der Waals surface area contributed by atoms with Gasteiger partial charge in [0.2, 0.25) is 0 Å². The Morgan fingerprint density at radius 1 is 1.25 bits per heavy atom. The molecule has 0 fully saturated rings. The van der Waals surface area contributed by atoms with E-state index in [1.807, 2.05) is 30.6 Å². The topological polar surface area (TPSA) is 37.8 Å². The van der Waals surface area contributed by atoms with Gasteiger partial charge in [-0.3, -0.25) is 0 Å². The van der Waals surface area contributed by atoms with Crippen LogP contribution in [-0.2, 0) is 5.54 Å². The molecule has 0 bridgehead atoms. The molecule has 0 aliphatic rings. The maximum Gasteiger partial charge on any atom is 0.129 e. The Bertz CT molecular complexity index is 463. The monoisotopic (exact) mass is 233 g/mol. The number of pyridine rings is 1. The highest BCUT2D eigenvalue weighted by molar-refractivity contribution is 7.09. The van der Waals surface area contributed by atoms with Crippen molar-refractivity contribution >= 4 is 17.2 Å². The molecule has 2 aromatic rings. The fourth-order valence-corrected chi connectivity index (χ4v) is 2.22. The Labute approximate surface area is 99.6 Å². The zero-order chi connectivity index (χ0) is 11.6. The average Bonchev–Trinajstić information content (AvgIpc) is 2.75. The molecule has 2 rings (SSSR count). The maximum atomic E-state index is 4.34. The van der Waals surface area contributed by atoms with E-state index in [0.717, 1.165) is 16.4 Å². The number of rotatable bonds is 3. The number of nitrogens with one attached hydrogen (secondary N) is 1. The highest BCUT2D eigenvalue weighted by Gasteiger charge is 2.23. The van der Waals surface area contributed by atoms with E-state index in [-0.39, 0.29) is 5.54 Å². The lowest BCUT2D eigenvalue weighted by Crippen LogP contribution is -2.28. The Morgan fingerprint density at radius 2 is 2.06 bits per heavy atom. The van der Waals surface area contributed by atoms with Gasteiger partial charge in [-0.1, -0.05) is 6.07 Å². The van der Waals surface area contributed by atoms with Gasteiger partial charge < -0.3 is 5.32 Å². The van der Waals surface area contributed by atoms with Gasteiger partial charge in [0.05, 0.1) is 5.54 Å². The van der Waals surface area contributed by atoms with Gasteiger partial charge in [0.25, 0.3) is 0 Å². The highest BCUT2D eigenvalue weighted by atomic mass is 32.1. The second-order valence-corrected chi connectivity index (χ2v) is 5.15. The first-order valence-corrected chi connectivity index (χ1v) is 6.07. The minimum absolute atomic E-state index is 0.187. The predicted molar refractivity (Wildman–Crippen MR) is 67.7 cm³/mol. The summed E-state index contributed by atoms with van der Waals surface area (Å²) >= 11 is 1.65. The first kappa shape index (κ1) is 11.1. The third-order valence-electron chi connectivity index (χ3n) is 2.41. The summed E-state index contributed by atoms with van der Waals surface area (Å²) in [6, 6.07) is 3.99. The largest absolute Gasteiger partial charge is 0.358 e. The van der Waals surface area contributed by atoms with E-state index in [1.165, 1.54) is 0 Å². The van der Waals surface area contributed by atoms with E-state index in [1.54, 1.807) is 17.5 Å². The molecule has 0 unspecified atom stereocenters. The molecule has 84 valence electrons. The minimum Gasteiger partial charge on any atom is -0.358 e. The van der Waals surface area contributed by atoms with E-state index in [2.05, 4.69) is 29.1 Å². The smallest absolute Gasteiger partial charge is 0.129 e. The van der Waals surface area contributed by atoms with E-state index in [0.29, 0.717) is 0 Å². The van der Waals surface area contributed by atoms with Crippen LogP contribution in [0.4, 0.5) is 5.82 Å². The first-order chi connectivity index (χ1) is 7.59. The van der Waals surface area contributed by atoms with Crippen LogP contribution in [0.15, 0.2) is 29.9 Å². The predicted octanol–water partition coefficient (Wildman–Crippen LogP) is 3.19. The third kappa shape index (κ3) is 2.22. The van der Waals surface area contributed by atoms with Crippen LogP contribution in [0.5, 0.6) is 0 Å². The van der Waals surface area contributed by atoms with Crippen molar-refractivity contribution in [1.82, 2.24) is 9.97 Å². The molecule has 2 aromatic heterocycles. The molecule has 0 saturated carbocycles. The molecule has 0 aliphatic carbocycles. The van der Waals surface area contributed by atoms with Crippen molar-refractivity contribution in [3.8, 4) is 0 Å². The molecule has 2 heterocycles. The third-order valence-corrected chi connectivity index (χ3v) is 3.50. The number of hydrogen-bond acceptors (Lipinski definition) is 4. The summed E-state index contributed by atoms with van der Waals surface area (Å²) in [5, 5.41) is 6.48. The van der Waals surface area contributed by atoms with E-state index in [9.17, 15) is 0 Å². The van der Waals surface area contributed by atoms with Gasteiger partial charge in [-0.25, -0.2) is 9.97 Å². The zero-order valence-electron chi connectivity index (χ0n) is 9.69. The average molecular weight is 233 g/mol. The van der Waals surface area contributed by atoms with Crippen molar-refractivity contribution in [1.29, 1.82) is 0 Å². The second kappa shape index (κ2) is 4.22. The minimum atomic E-state index is -0.187. The lowest BCUT2D eigenvalue weighted by Gasteiger charge is -2.25. The molecule has 16 heavy (non-hydrogen) atoms. The Balaban J connectivity index is 2.25. The lowest BCUT2D eigenvalue weighted by molar-refractivity contribution is 0.600. The van der Waals surface area contributed by atoms with Crippen LogP contribution in [0, 0.1) is 6.92 Å². The number of thiazole rings is 1. The number of anilines is 1. The van der Waals surface area contributed by atoms with Crippen molar-refractivity contribution in [3.63, 3.8) is 0 Å². The van der Waals surface area contributed by atoms with Crippen LogP contribution in [0.1, 0.15) is 24.4 Å². The van der Waals surface area contributed by atoms with Crippen LogP contribution in [0.2, 0.25) is 0 Å². The fraction of sp³-hybridized carbons (Fsp3) is 0.333. The number of nitrogens with zero attached hydrogens (tertiary/aromatic N) is 2. The SMILES string of the molecule is Cc1cccnc1NC(C)(C)c1nccs1. The molecule has 0 aromatic carbocycles. The van der Waals surface area contributed by atoms with Gasteiger partial charge in [-0.05, 0) is 32.4 Å². The maximum absolute atomic E-state index is 4.34. The zero-order valence-corrected chi connectivity index (χ0v) is 10.5. The van der Waals surface area contributed by atoms with Crippen molar-refractivity contribution < 1.29 is 0 Å². The molecule has 4 heteroatoms. The molecule has 0 saturated heterocycles. The molecule has 0 amide bonds. The van der Waals surface area contributed by atoms with Crippen LogP contribution in [0.3, 0.4) is 0 Å². The van der Waals surface area contributed by atoms with Gasteiger partial charge in [-0.15, -0.1) is 11.3 Å². The Morgan fingerprint density at radius 3 is 2.69 bits per heavy atom. The van der Waals surface area contributed by atoms with E-state index in [4.69, 9.17) is 0 Å². The molecule has 1 N–H and O–H groups in total. The molecular formula is C12H15N3S. The van der Waals surface area contributed by atoms with Crippen molar-refractivity contribution in [2.45, 2.75) is 26.3 Å². The quantitative estimate of drug-likeness (QED) is 0.884. The number of aryl methyl sites for hydroxylation is 1. The molecule has 0 radical (unpaired) electrons. The van der Waals surface area contributed by atoms with Crippen LogP contribution in [0.25, 0.3) is 0 Å². The lowest BCUT2D eigenvalue weighted by atomic mass is 10.1. The van der Waals surface area contributed by atoms with E-state index >= 15 is 0 Å². The summed E-state index contributed by atoms with van der Waals surface area (Å²) in [7, 11) is 0. The molecule has 0 atom stereocenters. The molecular weight excluding hydrogens is 218 g/mol. The fourth-order valence-electron chi connectivity index (χ4n) is 1.50. The molecule has 0 spiro atoms. The normalized spacial score (nSPS) is 11.4. The number of aromatic nitrogens is 2. The molecule has 3 nitrogen and oxygen atoms in total. The van der Waals surface area contributed by atoms with Gasteiger partial charge in [0, 0.05) is 17.8 Å². The van der Waals surface area contributed by atoms with Crippen LogP contribution >= 0.6 is 11.3 Å². The van der Waals surface area contributed by atoms with Crippen molar-refractivity contribution in [3.05, 3.63) is 40.5 Å². The van der Waals surface area contributed by atoms with Crippen molar-refractivity contribution in [2.24, 2.45) is 0 Å². The van der Waals surface area contributed by atoms with Crippen molar-refractivity contribution in [2.75, 3.05) is 5.32 Å². The van der Waals surface area contributed by atoms with Gasteiger partial charge in [-0.2, -0.15) is 0 Å². The summed E-state index contributed by atoms with van der Waals surface area (Å²) in [6.07, 6.45) is 3.63.